The zero-order valence-corrected chi connectivity index (χ0v) is 14.6. The highest BCUT2D eigenvalue weighted by Gasteiger charge is 2.29. The van der Waals surface area contributed by atoms with Gasteiger partial charge in [-0.2, -0.15) is 0 Å². The van der Waals surface area contributed by atoms with Gasteiger partial charge in [0.05, 0.1) is 12.3 Å². The smallest absolute Gasteiger partial charge is 0.0690 e. The fraction of sp³-hybridized carbons (Fsp3) is 0.0870. The van der Waals surface area contributed by atoms with Crippen molar-refractivity contribution in [3.8, 4) is 0 Å². The molecule has 0 bridgehead atoms. The molecule has 0 atom stereocenters. The Morgan fingerprint density at radius 1 is 0.800 bits per heavy atom. The van der Waals surface area contributed by atoms with Crippen LogP contribution in [0.4, 0.5) is 0 Å². The van der Waals surface area contributed by atoms with Crippen LogP contribution in [-0.2, 0) is 6.42 Å². The molecule has 5 rings (SSSR count). The Balaban J connectivity index is 1.38. The highest BCUT2D eigenvalue weighted by molar-refractivity contribution is 7.10. The van der Waals surface area contributed by atoms with Crippen molar-refractivity contribution in [2.75, 3.05) is 6.54 Å². The minimum atomic E-state index is 0.837. The molecule has 2 aromatic carbocycles. The summed E-state index contributed by atoms with van der Waals surface area (Å²) in [6, 6.07) is 21.4. The van der Waals surface area contributed by atoms with Crippen molar-refractivity contribution in [2.45, 2.75) is 6.42 Å². The molecule has 1 nitrogen and oxygen atoms in total. The lowest BCUT2D eigenvalue weighted by atomic mass is 9.99. The van der Waals surface area contributed by atoms with E-state index in [1.165, 1.54) is 44.0 Å². The van der Waals surface area contributed by atoms with E-state index in [-0.39, 0.29) is 0 Å². The van der Waals surface area contributed by atoms with Crippen LogP contribution in [0.25, 0.3) is 17.7 Å². The summed E-state index contributed by atoms with van der Waals surface area (Å²) in [6.45, 7) is 0.837. The number of rotatable bonds is 3. The van der Waals surface area contributed by atoms with E-state index in [4.69, 9.17) is 4.99 Å². The van der Waals surface area contributed by atoms with Crippen LogP contribution in [0.3, 0.4) is 0 Å². The molecule has 2 heterocycles. The molecule has 1 aliphatic carbocycles. The monoisotopic (exact) mass is 339 g/mol. The lowest BCUT2D eigenvalue weighted by molar-refractivity contribution is 1.27. The highest BCUT2D eigenvalue weighted by atomic mass is 32.1. The molecule has 25 heavy (non-hydrogen) atoms. The lowest BCUT2D eigenvalue weighted by Gasteiger charge is -2.05. The summed E-state index contributed by atoms with van der Waals surface area (Å²) in [5.41, 5.74) is 9.17. The quantitative estimate of drug-likeness (QED) is 0.540. The third-order valence-electron chi connectivity index (χ3n) is 4.91. The van der Waals surface area contributed by atoms with Crippen molar-refractivity contribution < 1.29 is 0 Å². The SMILES string of the molecule is C(=C\c1ccc(C2=NCC3=C2Cc2sccc23)cc1)/c1ccccc1. The second-order valence-corrected chi connectivity index (χ2v) is 7.42. The molecule has 0 saturated carbocycles. The molecule has 0 N–H and O–H groups in total. The molecule has 0 saturated heterocycles. The second-order valence-electron chi connectivity index (χ2n) is 6.42. The molecule has 0 unspecified atom stereocenters. The summed E-state index contributed by atoms with van der Waals surface area (Å²) in [7, 11) is 0. The molecule has 0 amide bonds. The van der Waals surface area contributed by atoms with E-state index in [1.54, 1.807) is 0 Å². The van der Waals surface area contributed by atoms with Crippen LogP contribution in [0.15, 0.2) is 76.6 Å². The van der Waals surface area contributed by atoms with E-state index in [0.29, 0.717) is 0 Å². The van der Waals surface area contributed by atoms with Gasteiger partial charge in [0.1, 0.15) is 0 Å². The van der Waals surface area contributed by atoms with E-state index < -0.39 is 0 Å². The number of benzene rings is 2. The molecule has 0 fully saturated rings. The number of aliphatic imine (C=N–C) groups is 1. The van der Waals surface area contributed by atoms with Crippen LogP contribution in [0.5, 0.6) is 0 Å². The highest BCUT2D eigenvalue weighted by Crippen LogP contribution is 2.41. The van der Waals surface area contributed by atoms with Crippen molar-refractivity contribution in [2.24, 2.45) is 4.99 Å². The van der Waals surface area contributed by atoms with Crippen molar-refractivity contribution >= 4 is 34.8 Å². The summed E-state index contributed by atoms with van der Waals surface area (Å²) in [6.07, 6.45) is 5.36. The first-order valence-corrected chi connectivity index (χ1v) is 9.43. The van der Waals surface area contributed by atoms with Crippen molar-refractivity contribution in [3.63, 3.8) is 0 Å². The van der Waals surface area contributed by atoms with E-state index >= 15 is 0 Å². The first-order valence-electron chi connectivity index (χ1n) is 8.56. The molecular weight excluding hydrogens is 322 g/mol. The van der Waals surface area contributed by atoms with Gasteiger partial charge >= 0.3 is 0 Å². The maximum absolute atomic E-state index is 4.82. The lowest BCUT2D eigenvalue weighted by Crippen LogP contribution is -2.02. The number of fused-ring (bicyclic) bond motifs is 2. The average Bonchev–Trinajstić information content (AvgIpc) is 3.34. The van der Waals surface area contributed by atoms with E-state index in [2.05, 4.69) is 72.1 Å². The van der Waals surface area contributed by atoms with E-state index in [9.17, 15) is 0 Å². The van der Waals surface area contributed by atoms with Crippen LogP contribution in [0.2, 0.25) is 0 Å². The Morgan fingerprint density at radius 2 is 1.56 bits per heavy atom. The minimum absolute atomic E-state index is 0.837. The first-order chi connectivity index (χ1) is 12.4. The maximum Gasteiger partial charge on any atom is 0.0690 e. The molecular formula is C23H17NS. The fourth-order valence-electron chi connectivity index (χ4n) is 3.61. The van der Waals surface area contributed by atoms with Crippen molar-refractivity contribution in [1.29, 1.82) is 0 Å². The van der Waals surface area contributed by atoms with Gasteiger partial charge < -0.3 is 0 Å². The second kappa shape index (κ2) is 5.98. The van der Waals surface area contributed by atoms with Crippen LogP contribution in [0.1, 0.15) is 27.1 Å². The molecule has 2 aliphatic rings. The van der Waals surface area contributed by atoms with Gasteiger partial charge in [0.25, 0.3) is 0 Å². The van der Waals surface area contributed by atoms with E-state index in [1.807, 2.05) is 17.4 Å². The Morgan fingerprint density at radius 3 is 2.36 bits per heavy atom. The zero-order valence-electron chi connectivity index (χ0n) is 13.8. The third kappa shape index (κ3) is 2.59. The largest absolute Gasteiger partial charge is 0.280 e. The number of hydrogen-bond acceptors (Lipinski definition) is 2. The standard InChI is InChI=1S/C23H17NS/c1-2-4-16(5-3-1)6-7-17-8-10-18(11-9-17)23-20-14-22-19(12-13-25-22)21(20)15-24-23/h1-13H,14-15H2/b7-6+. The Bertz CT molecular complexity index is 1020. The van der Waals surface area contributed by atoms with Crippen LogP contribution < -0.4 is 0 Å². The number of nitrogens with zero attached hydrogens (tertiary/aromatic N) is 1. The van der Waals surface area contributed by atoms with E-state index in [0.717, 1.165) is 13.0 Å². The summed E-state index contributed by atoms with van der Waals surface area (Å²) >= 11 is 1.87. The number of hydrogen-bond donors (Lipinski definition) is 0. The summed E-state index contributed by atoms with van der Waals surface area (Å²) in [4.78, 5) is 6.32. The first kappa shape index (κ1) is 14.6. The topological polar surface area (TPSA) is 12.4 Å². The molecule has 2 heteroatoms. The Kier molecular flexibility index (Phi) is 3.50. The van der Waals surface area contributed by atoms with Crippen LogP contribution in [0, 0.1) is 0 Å². The van der Waals surface area contributed by atoms with Gasteiger partial charge in [0.2, 0.25) is 0 Å². The van der Waals surface area contributed by atoms with Crippen LogP contribution >= 0.6 is 11.3 Å². The summed E-state index contributed by atoms with van der Waals surface area (Å²) < 4.78 is 0. The van der Waals surface area contributed by atoms with Gasteiger partial charge in [-0.15, -0.1) is 11.3 Å². The van der Waals surface area contributed by atoms with Gasteiger partial charge in [-0.1, -0.05) is 66.7 Å². The minimum Gasteiger partial charge on any atom is -0.280 e. The van der Waals surface area contributed by atoms with Crippen LogP contribution in [-0.4, -0.2) is 12.3 Å². The normalized spacial score (nSPS) is 15.6. The van der Waals surface area contributed by atoms with Crippen molar-refractivity contribution in [3.05, 3.63) is 98.7 Å². The number of thiophene rings is 1. The Labute approximate surface area is 151 Å². The van der Waals surface area contributed by atoms with Gasteiger partial charge in [0.15, 0.2) is 0 Å². The third-order valence-corrected chi connectivity index (χ3v) is 5.83. The average molecular weight is 339 g/mol. The molecule has 0 spiro atoms. The predicted octanol–water partition coefficient (Wildman–Crippen LogP) is 5.73. The van der Waals surface area contributed by atoms with Gasteiger partial charge in [-0.05, 0) is 39.3 Å². The summed E-state index contributed by atoms with van der Waals surface area (Å²) in [5.74, 6) is 0. The number of allylic oxidation sites excluding steroid dienone is 1. The zero-order chi connectivity index (χ0) is 16.6. The van der Waals surface area contributed by atoms with Gasteiger partial charge in [-0.25, -0.2) is 0 Å². The molecule has 0 radical (unpaired) electrons. The predicted molar refractivity (Wildman–Crippen MR) is 108 cm³/mol. The Hall–Kier alpha value is -2.71. The molecule has 1 aromatic heterocycles. The van der Waals surface area contributed by atoms with Gasteiger partial charge in [-0.3, -0.25) is 4.99 Å². The molecule has 3 aromatic rings. The maximum atomic E-state index is 4.82. The van der Waals surface area contributed by atoms with Crippen molar-refractivity contribution in [1.82, 2.24) is 0 Å². The molecule has 1 aliphatic heterocycles. The fourth-order valence-corrected chi connectivity index (χ4v) is 4.53. The summed E-state index contributed by atoms with van der Waals surface area (Å²) in [5, 5.41) is 2.19. The van der Waals surface area contributed by atoms with Gasteiger partial charge in [0, 0.05) is 16.9 Å². The molecule has 120 valence electrons.